The number of sulfone groups is 1. The lowest BCUT2D eigenvalue weighted by Crippen LogP contribution is -2.39. The average Bonchev–Trinajstić information content (AvgIpc) is 3.53. The summed E-state index contributed by atoms with van der Waals surface area (Å²) in [5.41, 5.74) is 12.5. The van der Waals surface area contributed by atoms with Gasteiger partial charge in [-0.05, 0) is 92.0 Å². The van der Waals surface area contributed by atoms with Gasteiger partial charge in [0.1, 0.15) is 0 Å². The molecule has 0 N–H and O–H groups in total. The number of hydrogen-bond acceptors (Lipinski definition) is 3. The summed E-state index contributed by atoms with van der Waals surface area (Å²) in [6.45, 7) is 0. The molecule has 1 aliphatic carbocycles. The van der Waals surface area contributed by atoms with Crippen molar-refractivity contribution >= 4 is 26.9 Å². The first kappa shape index (κ1) is 31.1. The fourth-order valence-corrected chi connectivity index (χ4v) is 11.7. The highest BCUT2D eigenvalue weighted by Crippen LogP contribution is 2.64. The van der Waals surface area contributed by atoms with Crippen LogP contribution in [0.1, 0.15) is 44.5 Å². The Labute approximate surface area is 315 Å². The van der Waals surface area contributed by atoms with Gasteiger partial charge in [0.15, 0.2) is 0 Å². The molecule has 0 fully saturated rings. The lowest BCUT2D eigenvalue weighted by molar-refractivity contribution is 0.578. The first-order chi connectivity index (χ1) is 26.6. The van der Waals surface area contributed by atoms with Crippen LogP contribution in [0.5, 0.6) is 0 Å². The monoisotopic (exact) mass is 711 g/mol. The van der Waals surface area contributed by atoms with Crippen molar-refractivity contribution in [2.24, 2.45) is 0 Å². The summed E-state index contributed by atoms with van der Waals surface area (Å²) in [5.74, 6) is 0. The van der Waals surface area contributed by atoms with Crippen LogP contribution in [0, 0.1) is 0 Å². The van der Waals surface area contributed by atoms with Gasteiger partial charge in [0, 0.05) is 5.69 Å². The minimum Gasteiger partial charge on any atom is -0.310 e. The van der Waals surface area contributed by atoms with E-state index in [9.17, 15) is 8.42 Å². The molecule has 0 aromatic heterocycles. The van der Waals surface area contributed by atoms with Gasteiger partial charge in [0.25, 0.3) is 0 Å². The second kappa shape index (κ2) is 11.3. The van der Waals surface area contributed by atoms with Crippen molar-refractivity contribution in [3.8, 4) is 11.1 Å². The first-order valence-electron chi connectivity index (χ1n) is 18.4. The van der Waals surface area contributed by atoms with Gasteiger partial charge in [0.2, 0.25) is 9.84 Å². The fraction of sp³-hybridized carbons (Fsp3) is 0.0400. The molecular weight excluding hydrogens is 679 g/mol. The molecular formula is C50H33NO2S. The zero-order valence-corrected chi connectivity index (χ0v) is 30.0. The number of rotatable bonds is 3. The molecule has 8 aromatic rings. The summed E-state index contributed by atoms with van der Waals surface area (Å²) in [6, 6.07) is 69.6. The smallest absolute Gasteiger partial charge is 0.207 e. The Bertz CT molecular complexity index is 2820. The van der Waals surface area contributed by atoms with E-state index in [2.05, 4.69) is 150 Å². The average molecular weight is 712 g/mol. The van der Waals surface area contributed by atoms with E-state index in [1.807, 2.05) is 42.5 Å². The normalized spacial score (nSPS) is 16.0. The van der Waals surface area contributed by atoms with Gasteiger partial charge in [-0.3, -0.25) is 0 Å². The lowest BCUT2D eigenvalue weighted by atomic mass is 9.61. The molecule has 2 aliphatic heterocycles. The van der Waals surface area contributed by atoms with Gasteiger partial charge in [-0.1, -0.05) is 164 Å². The molecule has 256 valence electrons. The van der Waals surface area contributed by atoms with Crippen LogP contribution in [0.3, 0.4) is 0 Å². The molecule has 0 amide bonds. The quantitative estimate of drug-likeness (QED) is 0.183. The SMILES string of the molecule is O=S1(=O)c2ccccc2C(c2ccccc2)(c2ccc3c(c2)C2(c4ccccc4-c4ccccc42)c2ccccc2N3c2ccccc2)c2ccccc21. The van der Waals surface area contributed by atoms with Crippen molar-refractivity contribution in [1.82, 2.24) is 0 Å². The summed E-state index contributed by atoms with van der Waals surface area (Å²) >= 11 is 0. The van der Waals surface area contributed by atoms with Crippen LogP contribution in [0.4, 0.5) is 17.1 Å². The summed E-state index contributed by atoms with van der Waals surface area (Å²) in [4.78, 5) is 3.08. The minimum atomic E-state index is -3.80. The highest BCUT2D eigenvalue weighted by molar-refractivity contribution is 7.91. The third-order valence-electron chi connectivity index (χ3n) is 12.0. The molecule has 4 heteroatoms. The van der Waals surface area contributed by atoms with E-state index in [1.54, 1.807) is 12.1 Å². The van der Waals surface area contributed by atoms with Crippen molar-refractivity contribution in [2.45, 2.75) is 20.6 Å². The Balaban J connectivity index is 1.34. The van der Waals surface area contributed by atoms with Crippen LogP contribution in [-0.2, 0) is 20.7 Å². The second-order valence-corrected chi connectivity index (χ2v) is 16.3. The van der Waals surface area contributed by atoms with Gasteiger partial charge in [-0.2, -0.15) is 0 Å². The van der Waals surface area contributed by atoms with Crippen LogP contribution < -0.4 is 4.90 Å². The number of benzene rings is 8. The van der Waals surface area contributed by atoms with Gasteiger partial charge in [0.05, 0.1) is 32.0 Å². The molecule has 0 atom stereocenters. The predicted molar refractivity (Wildman–Crippen MR) is 216 cm³/mol. The minimum absolute atomic E-state index is 0.341. The number of anilines is 3. The Morgan fingerprint density at radius 3 is 1.43 bits per heavy atom. The topological polar surface area (TPSA) is 37.4 Å². The van der Waals surface area contributed by atoms with E-state index in [1.165, 1.54) is 27.8 Å². The maximum atomic E-state index is 14.5. The highest BCUT2D eigenvalue weighted by Gasteiger charge is 2.54. The van der Waals surface area contributed by atoms with E-state index < -0.39 is 20.7 Å². The van der Waals surface area contributed by atoms with Crippen LogP contribution >= 0.6 is 0 Å². The molecule has 0 saturated carbocycles. The van der Waals surface area contributed by atoms with E-state index in [4.69, 9.17) is 0 Å². The Hall–Kier alpha value is -6.49. The molecule has 0 unspecified atom stereocenters. The zero-order chi connectivity index (χ0) is 36.1. The van der Waals surface area contributed by atoms with E-state index in [-0.39, 0.29) is 0 Å². The van der Waals surface area contributed by atoms with Crippen molar-refractivity contribution < 1.29 is 8.42 Å². The van der Waals surface area contributed by atoms with Crippen LogP contribution in [0.15, 0.2) is 210 Å². The molecule has 2 heterocycles. The molecule has 8 aromatic carbocycles. The first-order valence-corrected chi connectivity index (χ1v) is 19.8. The third-order valence-corrected chi connectivity index (χ3v) is 13.8. The van der Waals surface area contributed by atoms with Gasteiger partial charge < -0.3 is 4.90 Å². The van der Waals surface area contributed by atoms with Gasteiger partial charge in [-0.25, -0.2) is 8.42 Å². The summed E-state index contributed by atoms with van der Waals surface area (Å²) in [5, 5.41) is 0. The molecule has 11 rings (SSSR count). The second-order valence-electron chi connectivity index (χ2n) is 14.4. The number of nitrogens with zero attached hydrogens (tertiary/aromatic N) is 1. The fourth-order valence-electron chi connectivity index (χ4n) is 9.96. The van der Waals surface area contributed by atoms with Crippen LogP contribution in [0.2, 0.25) is 0 Å². The predicted octanol–water partition coefficient (Wildman–Crippen LogP) is 11.4. The van der Waals surface area contributed by atoms with E-state index >= 15 is 0 Å². The Morgan fingerprint density at radius 2 is 0.815 bits per heavy atom. The van der Waals surface area contributed by atoms with E-state index in [0.29, 0.717) is 9.79 Å². The highest BCUT2D eigenvalue weighted by atomic mass is 32.2. The molecule has 1 spiro atoms. The molecule has 3 aliphatic rings. The van der Waals surface area contributed by atoms with E-state index in [0.717, 1.165) is 44.9 Å². The van der Waals surface area contributed by atoms with Crippen molar-refractivity contribution in [1.29, 1.82) is 0 Å². The Morgan fingerprint density at radius 1 is 0.352 bits per heavy atom. The molecule has 0 bridgehead atoms. The molecule has 3 nitrogen and oxygen atoms in total. The molecule has 0 radical (unpaired) electrons. The third kappa shape index (κ3) is 3.83. The standard InChI is InChI=1S/C50H33NO2S/c52-54(53)47-29-15-12-26-42(47)49(34-17-3-1-4-18-34,43-27-13-16-30-48(43)54)35-31-32-46-44(33-35)50(39-23-9-7-21-37(39)38-22-8-10-24-40(38)50)41-25-11-14-28-45(41)51(46)36-19-5-2-6-20-36/h1-33H. The number of fused-ring (bicyclic) bond motifs is 11. The van der Waals surface area contributed by atoms with Crippen molar-refractivity contribution in [3.63, 3.8) is 0 Å². The molecule has 54 heavy (non-hydrogen) atoms. The van der Waals surface area contributed by atoms with Gasteiger partial charge in [-0.15, -0.1) is 0 Å². The van der Waals surface area contributed by atoms with Gasteiger partial charge >= 0.3 is 0 Å². The summed E-state index contributed by atoms with van der Waals surface area (Å²) < 4.78 is 29.0. The van der Waals surface area contributed by atoms with Crippen LogP contribution in [-0.4, -0.2) is 8.42 Å². The number of para-hydroxylation sites is 2. The Kier molecular flexibility index (Phi) is 6.48. The maximum Gasteiger partial charge on any atom is 0.207 e. The van der Waals surface area contributed by atoms with Crippen LogP contribution in [0.25, 0.3) is 11.1 Å². The largest absolute Gasteiger partial charge is 0.310 e. The van der Waals surface area contributed by atoms with Crippen molar-refractivity contribution in [3.05, 3.63) is 245 Å². The maximum absolute atomic E-state index is 14.5. The summed E-state index contributed by atoms with van der Waals surface area (Å²) in [7, 11) is -3.80. The van der Waals surface area contributed by atoms with Crippen molar-refractivity contribution in [2.75, 3.05) is 4.90 Å². The zero-order valence-electron chi connectivity index (χ0n) is 29.2. The lowest BCUT2D eigenvalue weighted by Gasteiger charge is -2.47. The summed E-state index contributed by atoms with van der Waals surface area (Å²) in [6.07, 6.45) is 0. The molecule has 0 saturated heterocycles. The number of hydrogen-bond donors (Lipinski definition) is 0.